The fourth-order valence-corrected chi connectivity index (χ4v) is 4.01. The minimum absolute atomic E-state index is 0.147. The number of para-hydroxylation sites is 1. The first-order valence-corrected chi connectivity index (χ1v) is 10.2. The fourth-order valence-electron chi connectivity index (χ4n) is 4.01. The molecule has 0 bridgehead atoms. The number of ether oxygens (including phenoxy) is 1. The lowest BCUT2D eigenvalue weighted by molar-refractivity contribution is -0.527. The van der Waals surface area contributed by atoms with Crippen LogP contribution in [0.25, 0.3) is 0 Å². The van der Waals surface area contributed by atoms with Crippen LogP contribution in [0.5, 0.6) is 5.75 Å². The summed E-state index contributed by atoms with van der Waals surface area (Å²) >= 11 is 0. The zero-order valence-electron chi connectivity index (χ0n) is 16.6. The Morgan fingerprint density at radius 2 is 1.93 bits per heavy atom. The van der Waals surface area contributed by atoms with Crippen LogP contribution in [0.4, 0.5) is 13.2 Å². The number of halogens is 3. The maximum absolute atomic E-state index is 12.6. The van der Waals surface area contributed by atoms with E-state index in [0.717, 1.165) is 32.5 Å². The second-order valence-corrected chi connectivity index (χ2v) is 7.79. The maximum atomic E-state index is 12.6. The van der Waals surface area contributed by atoms with Crippen molar-refractivity contribution < 1.29 is 22.8 Å². The Morgan fingerprint density at radius 3 is 2.63 bits per heavy atom. The van der Waals surface area contributed by atoms with Gasteiger partial charge in [-0.25, -0.2) is 0 Å². The van der Waals surface area contributed by atoms with Crippen LogP contribution in [-0.4, -0.2) is 55.7 Å². The third-order valence-corrected chi connectivity index (χ3v) is 5.66. The number of hydrogen-bond acceptors (Lipinski definition) is 7. The summed E-state index contributed by atoms with van der Waals surface area (Å²) in [4.78, 5) is 11.2. The fraction of sp³-hybridized carbons (Fsp3) is 0.684. The summed E-state index contributed by atoms with van der Waals surface area (Å²) in [6, 6.07) is 4.89. The average Bonchev–Trinajstić information content (AvgIpc) is 2.71. The predicted octanol–water partition coefficient (Wildman–Crippen LogP) is 1.60. The Bertz CT molecular complexity index is 700. The van der Waals surface area contributed by atoms with E-state index in [2.05, 4.69) is 26.0 Å². The number of alkyl halides is 3. The number of nitrogens with zero attached hydrogens (tertiary/aromatic N) is 1. The number of benzene rings is 1. The van der Waals surface area contributed by atoms with Crippen LogP contribution in [0.15, 0.2) is 24.3 Å². The topological polar surface area (TPSA) is 100 Å². The standard InChI is InChI=1S/C19H28F3N5O3/c20-19(21,22)30-17-4-2-1-3-14(17)11-25-18-9-15(16(12-26-18)27(28)29)24-10-13-5-7-23-8-6-13/h1-4,13,15-16,18,23-26H,5-12H2. The largest absolute Gasteiger partial charge is 0.573 e. The van der Waals surface area contributed by atoms with E-state index in [-0.39, 0.29) is 36.0 Å². The monoisotopic (exact) mass is 431 g/mol. The lowest BCUT2D eigenvalue weighted by atomic mass is 9.95. The van der Waals surface area contributed by atoms with Gasteiger partial charge in [0.05, 0.1) is 18.8 Å². The third-order valence-electron chi connectivity index (χ3n) is 5.66. The van der Waals surface area contributed by atoms with Crippen molar-refractivity contribution >= 4 is 0 Å². The van der Waals surface area contributed by atoms with E-state index < -0.39 is 12.4 Å². The van der Waals surface area contributed by atoms with Crippen molar-refractivity contribution in [2.75, 3.05) is 26.2 Å². The van der Waals surface area contributed by atoms with Gasteiger partial charge in [0.2, 0.25) is 6.04 Å². The van der Waals surface area contributed by atoms with E-state index in [1.165, 1.54) is 12.1 Å². The van der Waals surface area contributed by atoms with Crippen molar-refractivity contribution in [2.24, 2.45) is 5.92 Å². The lowest BCUT2D eigenvalue weighted by Gasteiger charge is -2.35. The first-order valence-electron chi connectivity index (χ1n) is 10.2. The van der Waals surface area contributed by atoms with Crippen LogP contribution in [-0.2, 0) is 6.54 Å². The Morgan fingerprint density at radius 1 is 1.20 bits per heavy atom. The molecule has 2 fully saturated rings. The molecule has 11 heteroatoms. The molecule has 0 aromatic heterocycles. The van der Waals surface area contributed by atoms with Gasteiger partial charge in [-0.1, -0.05) is 18.2 Å². The van der Waals surface area contributed by atoms with Gasteiger partial charge in [0.25, 0.3) is 0 Å². The lowest BCUT2D eigenvalue weighted by Crippen LogP contribution is -2.61. The summed E-state index contributed by atoms with van der Waals surface area (Å²) in [6.45, 7) is 2.98. The van der Waals surface area contributed by atoms with Crippen LogP contribution < -0.4 is 26.0 Å². The summed E-state index contributed by atoms with van der Waals surface area (Å²) in [5, 5.41) is 24.4. The number of nitro groups is 1. The van der Waals surface area contributed by atoms with Crippen LogP contribution >= 0.6 is 0 Å². The Hall–Kier alpha value is -1.95. The molecule has 0 aliphatic carbocycles. The molecule has 30 heavy (non-hydrogen) atoms. The summed E-state index contributed by atoms with van der Waals surface area (Å²) in [5.74, 6) is 0.239. The molecule has 0 radical (unpaired) electrons. The van der Waals surface area contributed by atoms with Crippen LogP contribution in [0, 0.1) is 16.0 Å². The zero-order valence-corrected chi connectivity index (χ0v) is 16.6. The molecule has 0 spiro atoms. The minimum Gasteiger partial charge on any atom is -0.405 e. The molecule has 2 heterocycles. The van der Waals surface area contributed by atoms with Crippen LogP contribution in [0.2, 0.25) is 0 Å². The molecule has 1 aromatic rings. The maximum Gasteiger partial charge on any atom is 0.573 e. The van der Waals surface area contributed by atoms with Gasteiger partial charge in [-0.2, -0.15) is 0 Å². The highest BCUT2D eigenvalue weighted by Gasteiger charge is 2.38. The number of piperidine rings is 2. The molecule has 4 N–H and O–H groups in total. The highest BCUT2D eigenvalue weighted by molar-refractivity contribution is 5.33. The molecule has 0 amide bonds. The molecule has 3 rings (SSSR count). The van der Waals surface area contributed by atoms with Gasteiger partial charge in [0, 0.05) is 17.0 Å². The van der Waals surface area contributed by atoms with E-state index in [9.17, 15) is 23.3 Å². The van der Waals surface area contributed by atoms with Gasteiger partial charge in [0.15, 0.2) is 0 Å². The highest BCUT2D eigenvalue weighted by Crippen LogP contribution is 2.26. The van der Waals surface area contributed by atoms with E-state index in [1.54, 1.807) is 12.1 Å². The van der Waals surface area contributed by atoms with Gasteiger partial charge in [-0.3, -0.25) is 20.7 Å². The molecule has 0 saturated carbocycles. The summed E-state index contributed by atoms with van der Waals surface area (Å²) in [5.41, 5.74) is 0.368. The molecule has 3 unspecified atom stereocenters. The van der Waals surface area contributed by atoms with E-state index >= 15 is 0 Å². The quantitative estimate of drug-likeness (QED) is 0.366. The number of hydrogen-bond donors (Lipinski definition) is 4. The van der Waals surface area contributed by atoms with Gasteiger partial charge in [-0.15, -0.1) is 13.2 Å². The SMILES string of the molecule is O=[N+]([O-])C1CNC(NCc2ccccc2OC(F)(F)F)CC1NCC1CCNCC1. The molecule has 2 aliphatic rings. The average molecular weight is 431 g/mol. The smallest absolute Gasteiger partial charge is 0.405 e. The molecular weight excluding hydrogens is 403 g/mol. The Labute approximate surface area is 173 Å². The van der Waals surface area contributed by atoms with Crippen molar-refractivity contribution in [3.8, 4) is 5.75 Å². The van der Waals surface area contributed by atoms with E-state index in [1.807, 2.05) is 0 Å². The second kappa shape index (κ2) is 10.4. The first kappa shape index (κ1) is 22.7. The second-order valence-electron chi connectivity index (χ2n) is 7.79. The van der Waals surface area contributed by atoms with Crippen molar-refractivity contribution in [2.45, 2.75) is 50.4 Å². The predicted molar refractivity (Wildman–Crippen MR) is 105 cm³/mol. The summed E-state index contributed by atoms with van der Waals surface area (Å²) < 4.78 is 41.9. The Kier molecular flexibility index (Phi) is 7.87. The number of nitrogens with one attached hydrogen (secondary N) is 4. The van der Waals surface area contributed by atoms with Crippen molar-refractivity contribution in [3.05, 3.63) is 39.9 Å². The zero-order chi connectivity index (χ0) is 21.6. The third kappa shape index (κ3) is 6.79. The summed E-state index contributed by atoms with van der Waals surface area (Å²) in [7, 11) is 0. The van der Waals surface area contributed by atoms with Gasteiger partial charge in [0.1, 0.15) is 5.75 Å². The van der Waals surface area contributed by atoms with E-state index in [4.69, 9.17) is 0 Å². The van der Waals surface area contributed by atoms with Crippen LogP contribution in [0.3, 0.4) is 0 Å². The molecule has 2 aliphatic heterocycles. The van der Waals surface area contributed by atoms with Gasteiger partial charge < -0.3 is 15.4 Å². The van der Waals surface area contributed by atoms with Crippen molar-refractivity contribution in [3.63, 3.8) is 0 Å². The molecule has 2 saturated heterocycles. The van der Waals surface area contributed by atoms with Crippen molar-refractivity contribution in [1.29, 1.82) is 0 Å². The normalized spacial score (nSPS) is 25.8. The van der Waals surface area contributed by atoms with Crippen molar-refractivity contribution in [1.82, 2.24) is 21.3 Å². The molecule has 3 atom stereocenters. The minimum atomic E-state index is -4.76. The molecule has 1 aromatic carbocycles. The summed E-state index contributed by atoms with van der Waals surface area (Å²) in [6.07, 6.45) is -2.48. The molecule has 8 nitrogen and oxygen atoms in total. The van der Waals surface area contributed by atoms with Crippen LogP contribution in [0.1, 0.15) is 24.8 Å². The van der Waals surface area contributed by atoms with Gasteiger partial charge >= 0.3 is 6.36 Å². The molecular formula is C19H28F3N5O3. The highest BCUT2D eigenvalue weighted by atomic mass is 19.4. The van der Waals surface area contributed by atoms with Gasteiger partial charge in [-0.05, 0) is 50.9 Å². The number of rotatable bonds is 8. The van der Waals surface area contributed by atoms with E-state index in [0.29, 0.717) is 17.9 Å². The molecule has 168 valence electrons. The first-order chi connectivity index (χ1) is 14.3. The Balaban J connectivity index is 1.56.